The fraction of sp³-hybridized carbons (Fsp3) is 0.0141. The zero-order chi connectivity index (χ0) is 47.8. The molecule has 72 heavy (non-hydrogen) atoms. The van der Waals surface area contributed by atoms with Gasteiger partial charge in [0.2, 0.25) is 0 Å². The molecular weight excluding hydrogens is 867 g/mol. The van der Waals surface area contributed by atoms with Gasteiger partial charge in [-0.05, 0) is 137 Å². The summed E-state index contributed by atoms with van der Waals surface area (Å²) in [7, 11) is 0. The molecule has 0 N–H and O–H groups in total. The van der Waals surface area contributed by atoms with Gasteiger partial charge in [0.05, 0.1) is 11.1 Å². The molecule has 1 aliphatic carbocycles. The Kier molecular flexibility index (Phi) is 10.8. The van der Waals surface area contributed by atoms with Gasteiger partial charge in [-0.15, -0.1) is 0 Å². The van der Waals surface area contributed by atoms with E-state index in [-0.39, 0.29) is 0 Å². The van der Waals surface area contributed by atoms with Crippen LogP contribution in [0.2, 0.25) is 0 Å². The van der Waals surface area contributed by atoms with Gasteiger partial charge in [-0.1, -0.05) is 255 Å². The van der Waals surface area contributed by atoms with Crippen LogP contribution in [0, 0.1) is 0 Å². The first-order valence-corrected chi connectivity index (χ1v) is 24.9. The van der Waals surface area contributed by atoms with Crippen LogP contribution in [0.3, 0.4) is 0 Å². The predicted octanol–water partition coefficient (Wildman–Crippen LogP) is 19.0. The molecule has 0 bridgehead atoms. The molecule has 12 aromatic rings. The number of nitrogens with zero attached hydrogens (tertiary/aromatic N) is 1. The van der Waals surface area contributed by atoms with Gasteiger partial charge in [0.15, 0.2) is 0 Å². The van der Waals surface area contributed by atoms with Crippen molar-refractivity contribution in [2.45, 2.75) is 5.41 Å². The lowest BCUT2D eigenvalue weighted by Crippen LogP contribution is -2.28. The van der Waals surface area contributed by atoms with E-state index < -0.39 is 5.41 Å². The summed E-state index contributed by atoms with van der Waals surface area (Å²) in [5.74, 6) is 0. The molecule has 0 unspecified atom stereocenters. The number of para-hydroxylation sites is 1. The van der Waals surface area contributed by atoms with E-state index in [4.69, 9.17) is 0 Å². The second kappa shape index (κ2) is 18.2. The molecule has 0 saturated heterocycles. The van der Waals surface area contributed by atoms with Crippen LogP contribution in [-0.2, 0) is 5.41 Å². The molecule has 0 atom stereocenters. The second-order valence-electron chi connectivity index (χ2n) is 18.8. The summed E-state index contributed by atoms with van der Waals surface area (Å²) >= 11 is 0. The lowest BCUT2D eigenvalue weighted by Gasteiger charge is -2.34. The highest BCUT2D eigenvalue weighted by Crippen LogP contribution is 2.57. The molecule has 1 nitrogen and oxygen atoms in total. The molecule has 1 aliphatic rings. The Bertz CT molecular complexity index is 3830. The summed E-state index contributed by atoms with van der Waals surface area (Å²) < 4.78 is 0. The molecule has 12 aromatic carbocycles. The smallest absolute Gasteiger partial charge is 0.0713 e. The molecule has 0 fully saturated rings. The van der Waals surface area contributed by atoms with Crippen LogP contribution in [0.5, 0.6) is 0 Å². The molecule has 338 valence electrons. The van der Waals surface area contributed by atoms with Gasteiger partial charge in [0.25, 0.3) is 0 Å². The number of rotatable bonds is 10. The summed E-state index contributed by atoms with van der Waals surface area (Å²) in [4.78, 5) is 2.41. The Hall–Kier alpha value is -9.30. The van der Waals surface area contributed by atoms with Crippen LogP contribution < -0.4 is 4.90 Å². The number of hydrogen-bond donors (Lipinski definition) is 0. The minimum atomic E-state index is -0.465. The van der Waals surface area contributed by atoms with Crippen molar-refractivity contribution in [3.05, 3.63) is 320 Å². The Labute approximate surface area is 422 Å². The summed E-state index contributed by atoms with van der Waals surface area (Å²) in [5, 5.41) is 2.51. The van der Waals surface area contributed by atoms with Gasteiger partial charge in [0, 0.05) is 16.9 Å². The molecular formula is C71H49N. The van der Waals surface area contributed by atoms with E-state index in [0.717, 1.165) is 28.2 Å². The minimum Gasteiger partial charge on any atom is -0.310 e. The molecule has 0 spiro atoms. The maximum atomic E-state index is 2.45. The van der Waals surface area contributed by atoms with Crippen molar-refractivity contribution in [1.29, 1.82) is 0 Å². The predicted molar refractivity (Wildman–Crippen MR) is 303 cm³/mol. The summed E-state index contributed by atoms with van der Waals surface area (Å²) in [6.45, 7) is 0. The average molecular weight is 916 g/mol. The summed E-state index contributed by atoms with van der Waals surface area (Å²) in [6, 6.07) is 109. The Morgan fingerprint density at radius 2 is 0.667 bits per heavy atom. The lowest BCUT2D eigenvalue weighted by molar-refractivity contribution is 0.769. The standard InChI is InChI=1S/C71H49N/c1-4-18-50(19-5-1)51-34-36-55(37-35-51)65-29-13-15-33-70(65)72(61-43-38-52(39-44-61)56-22-16-23-58(48-56)64-31-17-21-54-20-10-11-28-63(54)64)62-45-40-53(41-46-62)57-42-47-67-66-30-12-14-32-68(66)71(69(67)49-57,59-24-6-2-7-25-59)60-26-8-3-9-27-60/h1-49H. The molecule has 0 heterocycles. The molecule has 0 aromatic heterocycles. The normalized spacial score (nSPS) is 12.3. The van der Waals surface area contributed by atoms with Crippen molar-refractivity contribution in [3.8, 4) is 66.8 Å². The largest absolute Gasteiger partial charge is 0.310 e. The van der Waals surface area contributed by atoms with Gasteiger partial charge in [-0.3, -0.25) is 0 Å². The first-order chi connectivity index (χ1) is 35.7. The fourth-order valence-electron chi connectivity index (χ4n) is 11.4. The van der Waals surface area contributed by atoms with Gasteiger partial charge >= 0.3 is 0 Å². The first-order valence-electron chi connectivity index (χ1n) is 24.9. The van der Waals surface area contributed by atoms with Crippen molar-refractivity contribution in [2.75, 3.05) is 4.90 Å². The van der Waals surface area contributed by atoms with Gasteiger partial charge in [-0.25, -0.2) is 0 Å². The number of benzene rings is 12. The zero-order valence-corrected chi connectivity index (χ0v) is 39.7. The molecule has 0 saturated carbocycles. The van der Waals surface area contributed by atoms with Crippen LogP contribution in [0.1, 0.15) is 22.3 Å². The van der Waals surface area contributed by atoms with E-state index in [1.54, 1.807) is 0 Å². The van der Waals surface area contributed by atoms with Crippen LogP contribution in [0.15, 0.2) is 297 Å². The quantitative estimate of drug-likeness (QED) is 0.132. The zero-order valence-electron chi connectivity index (χ0n) is 39.7. The van der Waals surface area contributed by atoms with Crippen LogP contribution >= 0.6 is 0 Å². The molecule has 1 heteroatoms. The lowest BCUT2D eigenvalue weighted by atomic mass is 9.67. The average Bonchev–Trinajstić information content (AvgIpc) is 3.77. The first kappa shape index (κ1) is 42.8. The Morgan fingerprint density at radius 1 is 0.236 bits per heavy atom. The van der Waals surface area contributed by atoms with E-state index in [2.05, 4.69) is 302 Å². The summed E-state index contributed by atoms with van der Waals surface area (Å²) in [5.41, 5.74) is 22.4. The van der Waals surface area contributed by atoms with E-state index >= 15 is 0 Å². The number of anilines is 3. The van der Waals surface area contributed by atoms with Crippen molar-refractivity contribution in [1.82, 2.24) is 0 Å². The highest BCUT2D eigenvalue weighted by atomic mass is 15.1. The third-order valence-electron chi connectivity index (χ3n) is 14.8. The van der Waals surface area contributed by atoms with Crippen molar-refractivity contribution >= 4 is 27.8 Å². The second-order valence-corrected chi connectivity index (χ2v) is 18.8. The summed E-state index contributed by atoms with van der Waals surface area (Å²) in [6.07, 6.45) is 0. The van der Waals surface area contributed by atoms with Crippen molar-refractivity contribution in [2.24, 2.45) is 0 Å². The maximum Gasteiger partial charge on any atom is 0.0713 e. The number of fused-ring (bicyclic) bond motifs is 4. The van der Waals surface area contributed by atoms with Crippen LogP contribution in [0.25, 0.3) is 77.5 Å². The maximum absolute atomic E-state index is 2.45. The van der Waals surface area contributed by atoms with E-state index in [1.165, 1.54) is 88.7 Å². The molecule has 0 amide bonds. The Balaban J connectivity index is 0.910. The van der Waals surface area contributed by atoms with Crippen molar-refractivity contribution in [3.63, 3.8) is 0 Å². The van der Waals surface area contributed by atoms with E-state index in [9.17, 15) is 0 Å². The van der Waals surface area contributed by atoms with E-state index in [1.807, 2.05) is 0 Å². The van der Waals surface area contributed by atoms with Gasteiger partial charge in [0.1, 0.15) is 0 Å². The molecule has 13 rings (SSSR count). The topological polar surface area (TPSA) is 3.24 Å². The fourth-order valence-corrected chi connectivity index (χ4v) is 11.4. The van der Waals surface area contributed by atoms with Gasteiger partial charge < -0.3 is 4.90 Å². The van der Waals surface area contributed by atoms with Crippen molar-refractivity contribution < 1.29 is 0 Å². The van der Waals surface area contributed by atoms with Crippen LogP contribution in [0.4, 0.5) is 17.1 Å². The third kappa shape index (κ3) is 7.42. The Morgan fingerprint density at radius 3 is 1.36 bits per heavy atom. The third-order valence-corrected chi connectivity index (χ3v) is 14.8. The number of hydrogen-bond acceptors (Lipinski definition) is 1. The van der Waals surface area contributed by atoms with Gasteiger partial charge in [-0.2, -0.15) is 0 Å². The van der Waals surface area contributed by atoms with E-state index in [0.29, 0.717) is 0 Å². The SMILES string of the molecule is c1ccc(-c2ccc(-c3ccccc3N(c3ccc(-c4cccc(-c5cccc6ccccc56)c4)cc3)c3ccc(-c4ccc5c(c4)C(c4ccccc4)(c4ccccc4)c4ccccc4-5)cc3)cc2)cc1. The highest BCUT2D eigenvalue weighted by Gasteiger charge is 2.46. The van der Waals surface area contributed by atoms with Crippen LogP contribution in [-0.4, -0.2) is 0 Å². The minimum absolute atomic E-state index is 0.465. The monoisotopic (exact) mass is 915 g/mol. The molecule has 0 radical (unpaired) electrons. The molecule has 0 aliphatic heterocycles. The highest BCUT2D eigenvalue weighted by molar-refractivity contribution is 5.97.